The van der Waals surface area contributed by atoms with E-state index < -0.39 is 0 Å². The molecule has 4 heteroatoms. The van der Waals surface area contributed by atoms with E-state index in [1.807, 2.05) is 0 Å². The summed E-state index contributed by atoms with van der Waals surface area (Å²) in [6, 6.07) is 21.9. The van der Waals surface area contributed by atoms with Crippen LogP contribution in [0, 0.1) is 0 Å². The van der Waals surface area contributed by atoms with Crippen molar-refractivity contribution in [3.8, 4) is 0 Å². The molecule has 0 nitrogen and oxygen atoms in total. The molecule has 100 valence electrons. The van der Waals surface area contributed by atoms with Gasteiger partial charge in [-0.2, -0.15) is 0 Å². The normalized spacial score (nSPS) is 12.7. The fourth-order valence-electron chi connectivity index (χ4n) is 1.92. The Morgan fingerprint density at radius 1 is 0.600 bits per heavy atom. The maximum atomic E-state index is 2.40. The van der Waals surface area contributed by atoms with Crippen molar-refractivity contribution in [1.82, 2.24) is 0 Å². The lowest BCUT2D eigenvalue weighted by Gasteiger charge is -2.17. The van der Waals surface area contributed by atoms with Gasteiger partial charge >= 0.3 is 0 Å². The van der Waals surface area contributed by atoms with E-state index >= 15 is 0 Å². The Balaban J connectivity index is 0.00000180. The van der Waals surface area contributed by atoms with Crippen LogP contribution in [-0.4, -0.2) is 42.5 Å². The molecule has 0 saturated carbocycles. The van der Waals surface area contributed by atoms with Crippen molar-refractivity contribution in [1.29, 1.82) is 0 Å². The van der Waals surface area contributed by atoms with Crippen molar-refractivity contribution in [2.75, 3.05) is 25.7 Å². The smallest absolute Gasteiger partial charge is 0 e. The Hall–Kier alpha value is -0.570. The van der Waals surface area contributed by atoms with Crippen LogP contribution in [0.15, 0.2) is 60.7 Å². The molecule has 2 rings (SSSR count). The van der Waals surface area contributed by atoms with Gasteiger partial charge in [0.05, 0.1) is 0 Å². The highest BCUT2D eigenvalue weighted by atomic mass is 31.1. The van der Waals surface area contributed by atoms with Crippen molar-refractivity contribution in [3.63, 3.8) is 0 Å². The van der Waals surface area contributed by atoms with E-state index in [-0.39, 0.29) is 32.7 Å². The summed E-state index contributed by atoms with van der Waals surface area (Å²) in [5, 5.41) is 3.06. The predicted molar refractivity (Wildman–Crippen MR) is 99.1 cm³/mol. The van der Waals surface area contributed by atoms with Crippen LogP contribution in [-0.2, 0) is 0 Å². The van der Waals surface area contributed by atoms with Gasteiger partial charge in [0.15, 0.2) is 0 Å². The fraction of sp³-hybridized carbons (Fsp3) is 0.250. The maximum absolute atomic E-state index is 2.40. The van der Waals surface area contributed by atoms with Gasteiger partial charge in [-0.05, 0) is 36.3 Å². The zero-order chi connectivity index (χ0) is 12.8. The molecule has 0 N–H and O–H groups in total. The lowest BCUT2D eigenvalue weighted by Crippen LogP contribution is -2.07. The quantitative estimate of drug-likeness (QED) is 0.587. The lowest BCUT2D eigenvalue weighted by molar-refractivity contribution is 1.50. The third kappa shape index (κ3) is 5.82. The van der Waals surface area contributed by atoms with Crippen LogP contribution >= 0.6 is 15.8 Å². The largest absolute Gasteiger partial charge is 0.0781 e. The topological polar surface area (TPSA) is 0 Å². The minimum atomic E-state index is 0. The van der Waals surface area contributed by atoms with Crippen molar-refractivity contribution < 1.29 is 0 Å². The maximum Gasteiger partial charge on any atom is 0 e. The summed E-state index contributed by atoms with van der Waals surface area (Å²) in [5.74, 6) is 0. The number of hydrogen-bond donors (Lipinski definition) is 0. The van der Waals surface area contributed by atoms with E-state index in [4.69, 9.17) is 0 Å². The highest BCUT2D eigenvalue weighted by molar-refractivity contribution is 7.68. The molecule has 0 spiro atoms. The van der Waals surface area contributed by atoms with Crippen LogP contribution in [0.3, 0.4) is 0 Å². The van der Waals surface area contributed by atoms with Crippen molar-refractivity contribution in [3.05, 3.63) is 60.7 Å². The Bertz CT molecular complexity index is 417. The molecular formula is C16H20B2P2. The van der Waals surface area contributed by atoms with Gasteiger partial charge in [0.25, 0.3) is 0 Å². The van der Waals surface area contributed by atoms with Gasteiger partial charge in [-0.25, -0.2) is 0 Å². The lowest BCUT2D eigenvalue weighted by atomic mass is 10.4. The van der Waals surface area contributed by atoms with Gasteiger partial charge < -0.3 is 0 Å². The van der Waals surface area contributed by atoms with E-state index in [1.54, 1.807) is 0 Å². The van der Waals surface area contributed by atoms with Crippen LogP contribution < -0.4 is 10.6 Å². The molecule has 0 unspecified atom stereocenters. The molecular weight excluding hydrogens is 276 g/mol. The van der Waals surface area contributed by atoms with E-state index in [0.29, 0.717) is 0 Å². The first-order valence-corrected chi connectivity index (χ1v) is 10.2. The number of hydrogen-bond acceptors (Lipinski definition) is 0. The summed E-state index contributed by atoms with van der Waals surface area (Å²) in [5.41, 5.74) is 0. The van der Waals surface area contributed by atoms with Gasteiger partial charge in [0.2, 0.25) is 0 Å². The Labute approximate surface area is 130 Å². The molecule has 6 radical (unpaired) electrons. The molecule has 2 aromatic carbocycles. The summed E-state index contributed by atoms with van der Waals surface area (Å²) in [6.07, 6.45) is 2.69. The molecule has 0 aromatic heterocycles. The molecule has 0 amide bonds. The van der Waals surface area contributed by atoms with Crippen molar-refractivity contribution in [2.45, 2.75) is 0 Å². The summed E-state index contributed by atoms with van der Waals surface area (Å²) in [7, 11) is 0.0353. The summed E-state index contributed by atoms with van der Waals surface area (Å²) >= 11 is 0. The third-order valence-corrected chi connectivity index (χ3v) is 7.67. The van der Waals surface area contributed by atoms with Crippen LogP contribution in [0.5, 0.6) is 0 Å². The van der Waals surface area contributed by atoms with Gasteiger partial charge in [0, 0.05) is 16.8 Å². The Morgan fingerprint density at radius 2 is 0.900 bits per heavy atom. The molecule has 0 aliphatic rings. The highest BCUT2D eigenvalue weighted by Gasteiger charge is 2.08. The van der Waals surface area contributed by atoms with Crippen molar-refractivity contribution >= 4 is 43.3 Å². The second-order valence-electron chi connectivity index (χ2n) is 4.51. The molecule has 0 aliphatic heterocycles. The Kier molecular flexibility index (Phi) is 9.91. The second kappa shape index (κ2) is 10.2. The summed E-state index contributed by atoms with van der Waals surface area (Å²) in [6.45, 7) is 4.80. The fourth-order valence-corrected chi connectivity index (χ4v) is 6.20. The number of rotatable bonds is 5. The monoisotopic (exact) mass is 296 g/mol. The minimum Gasteiger partial charge on any atom is -0.0781 e. The molecule has 2 aromatic rings. The zero-order valence-corrected chi connectivity index (χ0v) is 14.0. The predicted octanol–water partition coefficient (Wildman–Crippen LogP) is 3.10. The average Bonchev–Trinajstić information content (AvgIpc) is 2.46. The molecule has 2 atom stereocenters. The van der Waals surface area contributed by atoms with E-state index in [0.717, 1.165) is 0 Å². The van der Waals surface area contributed by atoms with E-state index in [2.05, 4.69) is 74.0 Å². The van der Waals surface area contributed by atoms with Crippen molar-refractivity contribution in [2.24, 2.45) is 0 Å². The molecule has 0 aliphatic carbocycles. The zero-order valence-electron chi connectivity index (χ0n) is 12.2. The van der Waals surface area contributed by atoms with Crippen LogP contribution in [0.4, 0.5) is 0 Å². The van der Waals surface area contributed by atoms with Gasteiger partial charge in [-0.1, -0.05) is 76.5 Å². The van der Waals surface area contributed by atoms with E-state index in [1.165, 1.54) is 22.9 Å². The first-order chi connectivity index (χ1) is 8.77. The van der Waals surface area contributed by atoms with E-state index in [9.17, 15) is 0 Å². The van der Waals surface area contributed by atoms with Gasteiger partial charge in [-0.3, -0.25) is 0 Å². The Morgan fingerprint density at radius 3 is 1.20 bits per heavy atom. The SMILES string of the molecule is C[P@@](CC[P@](C)c1ccccc1)c1ccccc1.[B].[B]. The van der Waals surface area contributed by atoms with Gasteiger partial charge in [-0.15, -0.1) is 0 Å². The third-order valence-electron chi connectivity index (χ3n) is 3.16. The molecule has 0 fully saturated rings. The minimum absolute atomic E-state index is 0. The molecule has 0 bridgehead atoms. The molecule has 20 heavy (non-hydrogen) atoms. The standard InChI is InChI=1S/C16H20P2.2B/c1-17(15-9-5-3-6-10-15)13-14-18(2)16-11-7-4-8-12-16;;/h3-12H,13-14H2,1-2H3;;/t17-,18-;;/m0../s1. The van der Waals surface area contributed by atoms with Gasteiger partial charge in [0.1, 0.15) is 0 Å². The molecule has 0 saturated heterocycles. The number of benzene rings is 2. The second-order valence-corrected chi connectivity index (χ2v) is 9.23. The van der Waals surface area contributed by atoms with Crippen LogP contribution in [0.25, 0.3) is 0 Å². The summed E-state index contributed by atoms with van der Waals surface area (Å²) in [4.78, 5) is 0. The highest BCUT2D eigenvalue weighted by Crippen LogP contribution is 2.37. The van der Waals surface area contributed by atoms with Crippen LogP contribution in [0.1, 0.15) is 0 Å². The summed E-state index contributed by atoms with van der Waals surface area (Å²) < 4.78 is 0. The van der Waals surface area contributed by atoms with Crippen LogP contribution in [0.2, 0.25) is 0 Å². The first-order valence-electron chi connectivity index (χ1n) is 6.30. The molecule has 0 heterocycles. The first kappa shape index (κ1) is 19.4. The average molecular weight is 296 g/mol.